The van der Waals surface area contributed by atoms with Gasteiger partial charge in [0, 0.05) is 13.1 Å². The summed E-state index contributed by atoms with van der Waals surface area (Å²) < 4.78 is 13.8. The Hall–Kier alpha value is -1.85. The molecule has 0 spiro atoms. The first kappa shape index (κ1) is 29.7. The lowest BCUT2D eigenvalue weighted by molar-refractivity contribution is -0.150. The molecule has 10 nitrogen and oxygen atoms in total. The Bertz CT molecular complexity index is 931. The van der Waals surface area contributed by atoms with Gasteiger partial charge in [-0.3, -0.25) is 29.4 Å². The molecule has 6 atom stereocenters. The molecule has 14 heteroatoms. The van der Waals surface area contributed by atoms with Crippen molar-refractivity contribution in [1.82, 2.24) is 26.0 Å². The van der Waals surface area contributed by atoms with Crippen molar-refractivity contribution >= 4 is 64.3 Å². The summed E-state index contributed by atoms with van der Waals surface area (Å²) in [5.74, 6) is -4.19. The average Bonchev–Trinajstić information content (AvgIpc) is 3.51. The van der Waals surface area contributed by atoms with Gasteiger partial charge in [-0.15, -0.1) is 0 Å². The highest BCUT2D eigenvalue weighted by Crippen LogP contribution is 2.43. The van der Waals surface area contributed by atoms with Crippen molar-refractivity contribution in [2.45, 2.75) is 69.0 Å². The maximum Gasteiger partial charge on any atom is 0.291 e. The van der Waals surface area contributed by atoms with E-state index in [1.54, 1.807) is 20.8 Å². The highest BCUT2D eigenvalue weighted by atomic mass is 35.5. The molecule has 0 aromatic heterocycles. The SMILES string of the molecule is CC(C)(C)[C@H](NC(=O)C(Cl)Cl)C(=O)N1C[C@@H]2CCC[C@@H]2[C@H]1C(=O)NN(C[C@@H]1CCNC1=O)C(=O)[C@H](F)Cl. The number of carbonyl (C=O) groups excluding carboxylic acids is 5. The number of alkyl halides is 4. The van der Waals surface area contributed by atoms with Gasteiger partial charge in [0.15, 0.2) is 4.84 Å². The number of likely N-dealkylation sites (tertiary alicyclic amines) is 1. The van der Waals surface area contributed by atoms with Gasteiger partial charge in [0.2, 0.25) is 11.8 Å². The van der Waals surface area contributed by atoms with Gasteiger partial charge in [0.25, 0.3) is 23.4 Å². The molecule has 1 saturated carbocycles. The van der Waals surface area contributed by atoms with Crippen molar-refractivity contribution in [3.63, 3.8) is 0 Å². The fraction of sp³-hybridized carbons (Fsp3) is 0.783. The maximum atomic E-state index is 13.8. The first-order valence-corrected chi connectivity index (χ1v) is 13.6. The topological polar surface area (TPSA) is 128 Å². The van der Waals surface area contributed by atoms with Gasteiger partial charge < -0.3 is 15.5 Å². The van der Waals surface area contributed by atoms with Crippen LogP contribution in [0.25, 0.3) is 0 Å². The quantitative estimate of drug-likeness (QED) is 0.309. The van der Waals surface area contributed by atoms with Crippen LogP contribution in [0, 0.1) is 23.2 Å². The van der Waals surface area contributed by atoms with E-state index >= 15 is 0 Å². The van der Waals surface area contributed by atoms with Crippen LogP contribution in [0.15, 0.2) is 0 Å². The van der Waals surface area contributed by atoms with E-state index in [2.05, 4.69) is 16.1 Å². The molecule has 0 radical (unpaired) electrons. The lowest BCUT2D eigenvalue weighted by Crippen LogP contribution is -2.61. The highest BCUT2D eigenvalue weighted by molar-refractivity contribution is 6.53. The Kier molecular flexibility index (Phi) is 9.56. The molecule has 0 aromatic rings. The second-order valence-electron chi connectivity index (χ2n) is 10.9. The Morgan fingerprint density at radius 1 is 1.16 bits per heavy atom. The minimum Gasteiger partial charge on any atom is -0.356 e. The molecule has 2 aliphatic heterocycles. The number of carbonyl (C=O) groups is 5. The Morgan fingerprint density at radius 2 is 1.84 bits per heavy atom. The van der Waals surface area contributed by atoms with Gasteiger partial charge in [-0.2, -0.15) is 0 Å². The third-order valence-electron chi connectivity index (χ3n) is 7.30. The third kappa shape index (κ3) is 6.78. The van der Waals surface area contributed by atoms with E-state index < -0.39 is 57.5 Å². The number of amides is 5. The van der Waals surface area contributed by atoms with Gasteiger partial charge >= 0.3 is 0 Å². The lowest BCUT2D eigenvalue weighted by Gasteiger charge is -2.37. The van der Waals surface area contributed by atoms with Crippen LogP contribution in [0.5, 0.6) is 0 Å². The van der Waals surface area contributed by atoms with Gasteiger partial charge in [-0.05, 0) is 36.5 Å². The molecule has 3 N–H and O–H groups in total. The van der Waals surface area contributed by atoms with Crippen LogP contribution in [0.3, 0.4) is 0 Å². The Labute approximate surface area is 230 Å². The van der Waals surface area contributed by atoms with Crippen molar-refractivity contribution in [3.05, 3.63) is 0 Å². The van der Waals surface area contributed by atoms with E-state index in [1.807, 2.05) is 0 Å². The van der Waals surface area contributed by atoms with Crippen molar-refractivity contribution in [2.75, 3.05) is 19.6 Å². The van der Waals surface area contributed by atoms with Crippen LogP contribution in [-0.2, 0) is 24.0 Å². The first-order chi connectivity index (χ1) is 17.2. The van der Waals surface area contributed by atoms with Crippen LogP contribution < -0.4 is 16.1 Å². The Balaban J connectivity index is 1.86. The lowest BCUT2D eigenvalue weighted by atomic mass is 9.85. The molecule has 5 amide bonds. The molecule has 0 aromatic carbocycles. The molecule has 3 aliphatic rings. The van der Waals surface area contributed by atoms with Crippen molar-refractivity contribution in [1.29, 1.82) is 0 Å². The fourth-order valence-electron chi connectivity index (χ4n) is 5.44. The van der Waals surface area contributed by atoms with Gasteiger partial charge in [0.1, 0.15) is 12.1 Å². The standard InChI is InChI=1S/C23H33Cl3FN5O5/c1-23(2,3)15(29-20(35)16(24)25)21(36)31-9-11-5-4-6-13(11)14(31)19(34)30-32(22(37)17(26)27)10-12-7-8-28-18(12)33/h11-17H,4-10H2,1-3H3,(H,28,33)(H,29,35)(H,30,34)/t11-,12-,13-,14-,15+,17-/m0/s1. The van der Waals surface area contributed by atoms with E-state index in [0.29, 0.717) is 19.4 Å². The number of nitrogens with zero attached hydrogens (tertiary/aromatic N) is 2. The Morgan fingerprint density at radius 3 is 2.38 bits per heavy atom. The number of fused-ring (bicyclic) bond motifs is 1. The minimum absolute atomic E-state index is 0.0523. The molecule has 3 rings (SSSR count). The summed E-state index contributed by atoms with van der Waals surface area (Å²) in [5.41, 5.74) is -0.731. The number of rotatable bonds is 7. The summed E-state index contributed by atoms with van der Waals surface area (Å²) in [6.45, 7) is 5.71. The minimum atomic E-state index is -2.43. The van der Waals surface area contributed by atoms with Crippen molar-refractivity contribution in [3.8, 4) is 0 Å². The number of nitrogens with one attached hydrogen (secondary N) is 3. The van der Waals surface area contributed by atoms with Crippen LogP contribution >= 0.6 is 34.8 Å². The van der Waals surface area contributed by atoms with Gasteiger partial charge in [0.05, 0.1) is 12.5 Å². The molecule has 37 heavy (non-hydrogen) atoms. The number of hydrogen-bond donors (Lipinski definition) is 3. The summed E-state index contributed by atoms with van der Waals surface area (Å²) in [4.78, 5) is 64.2. The largest absolute Gasteiger partial charge is 0.356 e. The maximum absolute atomic E-state index is 13.8. The molecule has 208 valence electrons. The summed E-state index contributed by atoms with van der Waals surface area (Å²) in [6, 6.07) is -2.00. The number of hydrogen-bond acceptors (Lipinski definition) is 5. The van der Waals surface area contributed by atoms with Crippen molar-refractivity contribution in [2.24, 2.45) is 23.2 Å². The van der Waals surface area contributed by atoms with Crippen LogP contribution in [0.2, 0.25) is 0 Å². The van der Waals surface area contributed by atoms with E-state index in [0.717, 1.165) is 17.9 Å². The zero-order valence-electron chi connectivity index (χ0n) is 20.9. The predicted octanol–water partition coefficient (Wildman–Crippen LogP) is 1.48. The smallest absolute Gasteiger partial charge is 0.291 e. The fourth-order valence-corrected chi connectivity index (χ4v) is 5.68. The zero-order chi connectivity index (χ0) is 27.7. The summed E-state index contributed by atoms with van der Waals surface area (Å²) in [7, 11) is 0. The molecule has 1 aliphatic carbocycles. The summed E-state index contributed by atoms with van der Waals surface area (Å²) >= 11 is 16.8. The molecule has 0 bridgehead atoms. The predicted molar refractivity (Wildman–Crippen MR) is 135 cm³/mol. The van der Waals surface area contributed by atoms with Crippen molar-refractivity contribution < 1.29 is 28.4 Å². The molecule has 3 fully saturated rings. The van der Waals surface area contributed by atoms with E-state index in [9.17, 15) is 28.4 Å². The summed E-state index contributed by atoms with van der Waals surface area (Å²) in [5, 5.41) is 5.95. The zero-order valence-corrected chi connectivity index (χ0v) is 23.2. The monoisotopic (exact) mass is 583 g/mol. The summed E-state index contributed by atoms with van der Waals surface area (Å²) in [6.07, 6.45) is 2.78. The average molecular weight is 585 g/mol. The normalized spacial score (nSPS) is 26.9. The van der Waals surface area contributed by atoms with Gasteiger partial charge in [-0.1, -0.05) is 62.0 Å². The number of halogens is 4. The van der Waals surface area contributed by atoms with E-state index in [4.69, 9.17) is 34.8 Å². The third-order valence-corrected chi connectivity index (χ3v) is 7.89. The molecule has 0 unspecified atom stereocenters. The van der Waals surface area contributed by atoms with Crippen LogP contribution in [0.1, 0.15) is 46.5 Å². The molecular weight excluding hydrogens is 552 g/mol. The van der Waals surface area contributed by atoms with E-state index in [1.165, 1.54) is 4.90 Å². The van der Waals surface area contributed by atoms with E-state index in [-0.39, 0.29) is 30.8 Å². The van der Waals surface area contributed by atoms with Gasteiger partial charge in [-0.25, -0.2) is 9.40 Å². The molecule has 2 saturated heterocycles. The highest BCUT2D eigenvalue weighted by Gasteiger charge is 2.52. The van der Waals surface area contributed by atoms with Crippen LogP contribution in [-0.4, -0.2) is 81.6 Å². The second-order valence-corrected chi connectivity index (χ2v) is 12.4. The first-order valence-electron chi connectivity index (χ1n) is 12.3. The molecular formula is C23H33Cl3FN5O5. The molecule has 2 heterocycles. The second kappa shape index (κ2) is 11.9. The van der Waals surface area contributed by atoms with Crippen LogP contribution in [0.4, 0.5) is 4.39 Å². The number of hydrazine groups is 1.